The molecule has 0 aliphatic heterocycles. The van der Waals surface area contributed by atoms with Gasteiger partial charge in [-0.15, -0.1) is 23.5 Å². The number of hydrogen-bond donors (Lipinski definition) is 0. The summed E-state index contributed by atoms with van der Waals surface area (Å²) in [5.74, 6) is 1.24. The molecule has 2 aromatic rings. The number of rotatable bonds is 13. The average Bonchev–Trinajstić information content (AvgIpc) is 2.81. The molecule has 0 atom stereocenters. The molecule has 0 amide bonds. The Morgan fingerprint density at radius 3 is 2.19 bits per heavy atom. The number of esters is 1. The zero-order chi connectivity index (χ0) is 27.4. The molecule has 5 heteroatoms. The summed E-state index contributed by atoms with van der Waals surface area (Å²) in [5.41, 5.74) is 6.70. The van der Waals surface area contributed by atoms with Crippen LogP contribution in [0.5, 0.6) is 5.75 Å². The summed E-state index contributed by atoms with van der Waals surface area (Å²) in [6.07, 6.45) is 14.8. The molecule has 0 aliphatic carbocycles. The fourth-order valence-electron chi connectivity index (χ4n) is 3.80. The number of nitrogens with zero attached hydrogens (tertiary/aromatic N) is 1. The van der Waals surface area contributed by atoms with Crippen molar-refractivity contribution in [2.75, 3.05) is 5.75 Å². The summed E-state index contributed by atoms with van der Waals surface area (Å²) in [6.45, 7) is 17.3. The number of aryl methyl sites for hydroxylation is 2. The van der Waals surface area contributed by atoms with E-state index in [1.807, 2.05) is 37.4 Å². The fraction of sp³-hybridized carbons (Fsp3) is 0.438. The van der Waals surface area contributed by atoms with Crippen molar-refractivity contribution in [2.45, 2.75) is 90.0 Å². The van der Waals surface area contributed by atoms with Crippen molar-refractivity contribution in [3.63, 3.8) is 0 Å². The molecule has 3 nitrogen and oxygen atoms in total. The highest BCUT2D eigenvalue weighted by Gasteiger charge is 2.21. The number of pyridine rings is 1. The summed E-state index contributed by atoms with van der Waals surface area (Å²) >= 11 is 3.80. The lowest BCUT2D eigenvalue weighted by molar-refractivity contribution is 0.0731. The van der Waals surface area contributed by atoms with Crippen LogP contribution in [0.15, 0.2) is 76.5 Å². The Bertz CT molecular complexity index is 1100. The van der Waals surface area contributed by atoms with E-state index in [9.17, 15) is 4.79 Å². The molecule has 0 N–H and O–H groups in total. The molecule has 0 saturated heterocycles. The lowest BCUT2D eigenvalue weighted by Gasteiger charge is -2.24. The number of hydrogen-bond acceptors (Lipinski definition) is 5. The van der Waals surface area contributed by atoms with Crippen molar-refractivity contribution in [3.05, 3.63) is 88.3 Å². The van der Waals surface area contributed by atoms with E-state index in [-0.39, 0.29) is 10.0 Å². The SMILES string of the molecule is CC(C)=CCCC(C)=CCCC(C)=CCSC(C)(C)Sc1cc(C)c(OC(=O)c2cccnc2)c(C)c1. The third-order valence-corrected chi connectivity index (χ3v) is 8.47. The molecule has 37 heavy (non-hydrogen) atoms. The molecule has 0 spiro atoms. The van der Waals surface area contributed by atoms with E-state index in [1.54, 1.807) is 18.3 Å². The van der Waals surface area contributed by atoms with Crippen molar-refractivity contribution in [2.24, 2.45) is 0 Å². The maximum atomic E-state index is 12.5. The fourth-order valence-corrected chi connectivity index (χ4v) is 6.34. The van der Waals surface area contributed by atoms with Crippen LogP contribution >= 0.6 is 23.5 Å². The Kier molecular flexibility index (Phi) is 12.8. The minimum atomic E-state index is -0.382. The summed E-state index contributed by atoms with van der Waals surface area (Å²) in [6, 6.07) is 7.67. The molecule has 1 aromatic heterocycles. The predicted molar refractivity (Wildman–Crippen MR) is 163 cm³/mol. The second-order valence-corrected chi connectivity index (χ2v) is 13.9. The van der Waals surface area contributed by atoms with Gasteiger partial charge in [0.2, 0.25) is 0 Å². The van der Waals surface area contributed by atoms with Gasteiger partial charge < -0.3 is 4.74 Å². The van der Waals surface area contributed by atoms with Crippen molar-refractivity contribution in [3.8, 4) is 5.75 Å². The van der Waals surface area contributed by atoms with Gasteiger partial charge in [0, 0.05) is 23.0 Å². The normalized spacial score (nSPS) is 12.4. The van der Waals surface area contributed by atoms with E-state index in [1.165, 1.54) is 27.8 Å². The van der Waals surface area contributed by atoms with Gasteiger partial charge in [-0.3, -0.25) is 4.98 Å². The van der Waals surface area contributed by atoms with Crippen LogP contribution in [0.3, 0.4) is 0 Å². The van der Waals surface area contributed by atoms with Crippen molar-refractivity contribution >= 4 is 29.5 Å². The lowest BCUT2D eigenvalue weighted by Crippen LogP contribution is -2.11. The van der Waals surface area contributed by atoms with E-state index in [0.717, 1.165) is 42.6 Å². The summed E-state index contributed by atoms with van der Waals surface area (Å²) in [5, 5.41) is 0. The summed E-state index contributed by atoms with van der Waals surface area (Å²) < 4.78 is 5.72. The average molecular weight is 538 g/mol. The van der Waals surface area contributed by atoms with Crippen LogP contribution in [0.1, 0.15) is 88.7 Å². The monoisotopic (exact) mass is 537 g/mol. The Hall–Kier alpha value is -2.24. The van der Waals surface area contributed by atoms with E-state index in [4.69, 9.17) is 4.74 Å². The highest BCUT2D eigenvalue weighted by atomic mass is 32.2. The van der Waals surface area contributed by atoms with Crippen LogP contribution in [-0.4, -0.2) is 20.8 Å². The number of carbonyl (C=O) groups excluding carboxylic acids is 1. The molecule has 0 aliphatic rings. The third kappa shape index (κ3) is 11.8. The van der Waals surface area contributed by atoms with Gasteiger partial charge in [0.05, 0.1) is 9.64 Å². The van der Waals surface area contributed by atoms with E-state index < -0.39 is 0 Å². The highest BCUT2D eigenvalue weighted by Crippen LogP contribution is 2.43. The zero-order valence-electron chi connectivity index (χ0n) is 23.8. The van der Waals surface area contributed by atoms with Gasteiger partial charge in [0.25, 0.3) is 0 Å². The number of ether oxygens (including phenoxy) is 1. The molecule has 2 rings (SSSR count). The number of benzene rings is 1. The molecular weight excluding hydrogens is 494 g/mol. The van der Waals surface area contributed by atoms with Crippen LogP contribution in [0.25, 0.3) is 0 Å². The van der Waals surface area contributed by atoms with Gasteiger partial charge >= 0.3 is 5.97 Å². The first-order valence-corrected chi connectivity index (χ1v) is 14.8. The molecule has 0 fully saturated rings. The Morgan fingerprint density at radius 1 is 0.973 bits per heavy atom. The Morgan fingerprint density at radius 2 is 1.59 bits per heavy atom. The molecule has 0 saturated carbocycles. The maximum Gasteiger partial charge on any atom is 0.345 e. The van der Waals surface area contributed by atoms with E-state index in [0.29, 0.717) is 11.3 Å². The van der Waals surface area contributed by atoms with Crippen molar-refractivity contribution < 1.29 is 9.53 Å². The maximum absolute atomic E-state index is 12.5. The van der Waals surface area contributed by atoms with Crippen molar-refractivity contribution in [1.82, 2.24) is 4.98 Å². The standard InChI is InChI=1S/C32H43NO2S2/c1-23(2)12-9-13-24(3)14-10-15-25(4)17-19-36-32(7,8)37-29-20-26(5)30(27(6)21-29)35-31(34)28-16-11-18-33-22-28/h11-12,14,16-18,20-22H,9-10,13,15,19H2,1-8H3. The first-order chi connectivity index (χ1) is 17.5. The smallest absolute Gasteiger partial charge is 0.345 e. The topological polar surface area (TPSA) is 39.2 Å². The number of aromatic nitrogens is 1. The predicted octanol–water partition coefficient (Wildman–Crippen LogP) is 9.90. The van der Waals surface area contributed by atoms with Crippen LogP contribution in [0, 0.1) is 13.8 Å². The number of allylic oxidation sites excluding steroid dienone is 5. The van der Waals surface area contributed by atoms with Gasteiger partial charge in [-0.1, -0.05) is 34.9 Å². The van der Waals surface area contributed by atoms with E-state index >= 15 is 0 Å². The molecule has 0 bridgehead atoms. The van der Waals surface area contributed by atoms with Crippen LogP contribution in [-0.2, 0) is 0 Å². The molecule has 1 aromatic carbocycles. The molecule has 1 heterocycles. The van der Waals surface area contributed by atoms with Gasteiger partial charge in [-0.2, -0.15) is 0 Å². The van der Waals surface area contributed by atoms with E-state index in [2.05, 4.69) is 76.9 Å². The quantitative estimate of drug-likeness (QED) is 0.0835. The van der Waals surface area contributed by atoms with Gasteiger partial charge in [-0.05, 0) is 116 Å². The molecule has 0 unspecified atom stereocenters. The Balaban J connectivity index is 1.87. The number of carbonyl (C=O) groups is 1. The minimum absolute atomic E-state index is 0.0188. The zero-order valence-corrected chi connectivity index (χ0v) is 25.4. The molecular formula is C32H43NO2S2. The molecule has 0 radical (unpaired) electrons. The Labute approximate surface area is 233 Å². The van der Waals surface area contributed by atoms with Gasteiger partial charge in [-0.25, -0.2) is 4.79 Å². The lowest BCUT2D eigenvalue weighted by atomic mass is 10.1. The second-order valence-electron chi connectivity index (χ2n) is 10.3. The van der Waals surface area contributed by atoms with Crippen LogP contribution in [0.2, 0.25) is 0 Å². The highest BCUT2D eigenvalue weighted by molar-refractivity contribution is 8.18. The largest absolute Gasteiger partial charge is 0.422 e. The van der Waals surface area contributed by atoms with Gasteiger partial charge in [0.1, 0.15) is 5.75 Å². The first kappa shape index (κ1) is 31.0. The minimum Gasteiger partial charge on any atom is -0.422 e. The summed E-state index contributed by atoms with van der Waals surface area (Å²) in [7, 11) is 0. The molecule has 200 valence electrons. The van der Waals surface area contributed by atoms with Crippen LogP contribution < -0.4 is 4.74 Å². The van der Waals surface area contributed by atoms with Gasteiger partial charge in [0.15, 0.2) is 0 Å². The van der Waals surface area contributed by atoms with Crippen LogP contribution in [0.4, 0.5) is 0 Å². The third-order valence-electron chi connectivity index (χ3n) is 5.87. The van der Waals surface area contributed by atoms with Crippen molar-refractivity contribution in [1.29, 1.82) is 0 Å². The first-order valence-electron chi connectivity index (χ1n) is 13.0. The summed E-state index contributed by atoms with van der Waals surface area (Å²) in [4.78, 5) is 17.7. The second kappa shape index (κ2) is 15.2. The number of thioether (sulfide) groups is 2.